The molecule has 3 nitrogen and oxygen atoms in total. The first-order chi connectivity index (χ1) is 6.18. The Bertz CT molecular complexity index is 255. The number of rotatable bonds is 4. The predicted octanol–water partition coefficient (Wildman–Crippen LogP) is 1.91. The summed E-state index contributed by atoms with van der Waals surface area (Å²) in [6, 6.07) is 0. The maximum Gasteiger partial charge on any atom is 0.261 e. The van der Waals surface area contributed by atoms with Crippen molar-refractivity contribution in [1.29, 1.82) is 0 Å². The molecule has 1 aromatic heterocycles. The Hall–Kier alpha value is -0.810. The molecule has 0 fully saturated rings. The van der Waals surface area contributed by atoms with E-state index >= 15 is 0 Å². The molecule has 72 valence electrons. The standard InChI is InChI=1S/C7H7ClF2N2O/c8-6-2-11-5(1-12-6)3-13-4-7(9)10/h1-2,7H,3-4H2. The van der Waals surface area contributed by atoms with Crippen LogP contribution >= 0.6 is 11.6 Å². The summed E-state index contributed by atoms with van der Waals surface area (Å²) in [5, 5.41) is 0.262. The molecule has 0 amide bonds. The van der Waals surface area contributed by atoms with Crippen molar-refractivity contribution >= 4 is 11.6 Å². The second-order valence-electron chi connectivity index (χ2n) is 2.24. The normalized spacial score (nSPS) is 10.8. The first-order valence-corrected chi connectivity index (χ1v) is 3.88. The monoisotopic (exact) mass is 208 g/mol. The van der Waals surface area contributed by atoms with E-state index in [2.05, 4.69) is 14.7 Å². The number of hydrogen-bond donors (Lipinski definition) is 0. The number of hydrogen-bond acceptors (Lipinski definition) is 3. The summed E-state index contributed by atoms with van der Waals surface area (Å²) in [5.41, 5.74) is 0.477. The van der Waals surface area contributed by atoms with E-state index in [4.69, 9.17) is 11.6 Å². The minimum Gasteiger partial charge on any atom is -0.369 e. The lowest BCUT2D eigenvalue weighted by atomic mass is 10.5. The van der Waals surface area contributed by atoms with Crippen LogP contribution in [0.4, 0.5) is 8.78 Å². The number of aromatic nitrogens is 2. The Kier molecular flexibility index (Phi) is 3.98. The molecule has 0 radical (unpaired) electrons. The van der Waals surface area contributed by atoms with Crippen LogP contribution in [0.25, 0.3) is 0 Å². The zero-order valence-electron chi connectivity index (χ0n) is 6.58. The first-order valence-electron chi connectivity index (χ1n) is 3.51. The van der Waals surface area contributed by atoms with Gasteiger partial charge >= 0.3 is 0 Å². The van der Waals surface area contributed by atoms with Gasteiger partial charge in [-0.2, -0.15) is 0 Å². The molecule has 1 rings (SSSR count). The smallest absolute Gasteiger partial charge is 0.261 e. The number of ether oxygens (including phenoxy) is 1. The highest BCUT2D eigenvalue weighted by molar-refractivity contribution is 6.29. The molecule has 0 spiro atoms. The van der Waals surface area contributed by atoms with E-state index < -0.39 is 13.0 Å². The highest BCUT2D eigenvalue weighted by atomic mass is 35.5. The molecule has 0 aliphatic carbocycles. The molecule has 0 saturated carbocycles. The fourth-order valence-corrected chi connectivity index (χ4v) is 0.764. The van der Waals surface area contributed by atoms with E-state index in [9.17, 15) is 8.78 Å². The van der Waals surface area contributed by atoms with Gasteiger partial charge in [-0.1, -0.05) is 11.6 Å². The van der Waals surface area contributed by atoms with Crippen LogP contribution in [0.2, 0.25) is 5.15 Å². The summed E-state index contributed by atoms with van der Waals surface area (Å²) >= 11 is 5.46. The lowest BCUT2D eigenvalue weighted by molar-refractivity contribution is 0.00874. The third kappa shape index (κ3) is 4.10. The Morgan fingerprint density at radius 2 is 2.15 bits per heavy atom. The average molecular weight is 209 g/mol. The fourth-order valence-electron chi connectivity index (χ4n) is 0.666. The van der Waals surface area contributed by atoms with Gasteiger partial charge in [0.25, 0.3) is 6.43 Å². The molecule has 1 aromatic rings. The van der Waals surface area contributed by atoms with Crippen LogP contribution in [0.15, 0.2) is 12.4 Å². The molecule has 0 unspecified atom stereocenters. The van der Waals surface area contributed by atoms with E-state index in [0.717, 1.165) is 0 Å². The first kappa shape index (κ1) is 10.3. The Balaban J connectivity index is 2.33. The number of halogens is 3. The zero-order valence-corrected chi connectivity index (χ0v) is 7.34. The van der Waals surface area contributed by atoms with Crippen LogP contribution in [0.1, 0.15) is 5.69 Å². The van der Waals surface area contributed by atoms with Gasteiger partial charge in [-0.05, 0) is 0 Å². The van der Waals surface area contributed by atoms with E-state index in [0.29, 0.717) is 5.69 Å². The van der Waals surface area contributed by atoms with Crippen LogP contribution in [-0.4, -0.2) is 23.0 Å². The molecule has 0 aromatic carbocycles. The van der Waals surface area contributed by atoms with Gasteiger partial charge in [0.2, 0.25) is 0 Å². The Morgan fingerprint density at radius 3 is 2.69 bits per heavy atom. The minimum atomic E-state index is -2.46. The van der Waals surface area contributed by atoms with Crippen molar-refractivity contribution in [3.8, 4) is 0 Å². The van der Waals surface area contributed by atoms with E-state index in [1.165, 1.54) is 12.4 Å². The molecule has 0 bridgehead atoms. The van der Waals surface area contributed by atoms with Crippen molar-refractivity contribution < 1.29 is 13.5 Å². The molecule has 0 saturated heterocycles. The van der Waals surface area contributed by atoms with Crippen molar-refractivity contribution in [2.45, 2.75) is 13.0 Å². The lowest BCUT2D eigenvalue weighted by Crippen LogP contribution is -2.05. The summed E-state index contributed by atoms with van der Waals surface area (Å²) in [6.45, 7) is -0.571. The van der Waals surface area contributed by atoms with E-state index in [-0.39, 0.29) is 11.8 Å². The van der Waals surface area contributed by atoms with Gasteiger partial charge in [-0.15, -0.1) is 0 Å². The Morgan fingerprint density at radius 1 is 1.38 bits per heavy atom. The molecule has 13 heavy (non-hydrogen) atoms. The Labute approximate surface area is 78.7 Å². The summed E-state index contributed by atoms with van der Waals surface area (Å²) in [6.07, 6.45) is 0.261. The van der Waals surface area contributed by atoms with Crippen molar-refractivity contribution in [1.82, 2.24) is 9.97 Å². The van der Waals surface area contributed by atoms with Crippen molar-refractivity contribution in [2.75, 3.05) is 6.61 Å². The van der Waals surface area contributed by atoms with Crippen molar-refractivity contribution in [3.63, 3.8) is 0 Å². The fraction of sp³-hybridized carbons (Fsp3) is 0.429. The number of nitrogens with zero attached hydrogens (tertiary/aromatic N) is 2. The lowest BCUT2D eigenvalue weighted by Gasteiger charge is -2.01. The molecule has 0 aliphatic heterocycles. The van der Waals surface area contributed by atoms with E-state index in [1.54, 1.807) is 0 Å². The second kappa shape index (κ2) is 5.04. The molecule has 0 N–H and O–H groups in total. The quantitative estimate of drug-likeness (QED) is 0.758. The van der Waals surface area contributed by atoms with Crippen LogP contribution in [0, 0.1) is 0 Å². The largest absolute Gasteiger partial charge is 0.369 e. The van der Waals surface area contributed by atoms with Gasteiger partial charge in [-0.3, -0.25) is 4.98 Å². The summed E-state index contributed by atoms with van der Waals surface area (Å²) in [5.74, 6) is 0. The van der Waals surface area contributed by atoms with Crippen molar-refractivity contribution in [3.05, 3.63) is 23.2 Å². The van der Waals surface area contributed by atoms with Gasteiger partial charge in [0.05, 0.1) is 24.7 Å². The summed E-state index contributed by atoms with van der Waals surface area (Å²) < 4.78 is 27.9. The molecular weight excluding hydrogens is 202 g/mol. The second-order valence-corrected chi connectivity index (χ2v) is 2.62. The SMILES string of the molecule is FC(F)COCc1cnc(Cl)cn1. The van der Waals surface area contributed by atoms with Crippen LogP contribution in [-0.2, 0) is 11.3 Å². The average Bonchev–Trinajstić information content (AvgIpc) is 2.08. The van der Waals surface area contributed by atoms with Gasteiger partial charge in [0.1, 0.15) is 11.8 Å². The van der Waals surface area contributed by atoms with Crippen molar-refractivity contribution in [2.24, 2.45) is 0 Å². The van der Waals surface area contributed by atoms with Crippen LogP contribution in [0.3, 0.4) is 0 Å². The summed E-state index contributed by atoms with van der Waals surface area (Å²) in [4.78, 5) is 7.52. The molecule has 0 atom stereocenters. The maximum atomic E-state index is 11.6. The molecule has 1 heterocycles. The van der Waals surface area contributed by atoms with E-state index in [1.807, 2.05) is 0 Å². The summed E-state index contributed by atoms with van der Waals surface area (Å²) in [7, 11) is 0. The van der Waals surface area contributed by atoms with Crippen LogP contribution < -0.4 is 0 Å². The molecular formula is C7H7ClF2N2O. The van der Waals surface area contributed by atoms with Gasteiger partial charge in [-0.25, -0.2) is 13.8 Å². The maximum absolute atomic E-state index is 11.6. The highest BCUT2D eigenvalue weighted by Gasteiger charge is 2.02. The highest BCUT2D eigenvalue weighted by Crippen LogP contribution is 2.03. The van der Waals surface area contributed by atoms with Gasteiger partial charge in [0.15, 0.2) is 0 Å². The molecule has 0 aliphatic rings. The predicted molar refractivity (Wildman–Crippen MR) is 42.7 cm³/mol. The topological polar surface area (TPSA) is 35.0 Å². The van der Waals surface area contributed by atoms with Crippen LogP contribution in [0.5, 0.6) is 0 Å². The van der Waals surface area contributed by atoms with Gasteiger partial charge < -0.3 is 4.74 Å². The third-order valence-corrected chi connectivity index (χ3v) is 1.36. The minimum absolute atomic E-state index is 0.0223. The molecule has 6 heteroatoms. The number of alkyl halides is 2. The van der Waals surface area contributed by atoms with Gasteiger partial charge in [0, 0.05) is 0 Å². The third-order valence-electron chi connectivity index (χ3n) is 1.17. The zero-order chi connectivity index (χ0) is 9.68.